The molecule has 0 amide bonds. The minimum atomic E-state index is -0.288. The summed E-state index contributed by atoms with van der Waals surface area (Å²) in [7, 11) is 0. The maximum atomic E-state index is 13.4. The summed E-state index contributed by atoms with van der Waals surface area (Å²) in [6, 6.07) is 15.5. The second kappa shape index (κ2) is 9.20. The maximum Gasteiger partial charge on any atom is 0.223 e. The Morgan fingerprint density at radius 3 is 2.40 bits per heavy atom. The molecule has 150 valence electrons. The summed E-state index contributed by atoms with van der Waals surface area (Å²) >= 11 is 12.2. The monoisotopic (exact) mass is 438 g/mol. The van der Waals surface area contributed by atoms with Gasteiger partial charge in [0.15, 0.2) is 0 Å². The average molecular weight is 439 g/mol. The van der Waals surface area contributed by atoms with Gasteiger partial charge in [-0.1, -0.05) is 41.4 Å². The highest BCUT2D eigenvalue weighted by atomic mass is 35.5. The molecule has 0 aliphatic heterocycles. The Kier molecular flexibility index (Phi) is 6.21. The number of aromatic nitrogens is 3. The average Bonchev–Trinajstić information content (AvgIpc) is 2.76. The van der Waals surface area contributed by atoms with Gasteiger partial charge in [-0.15, -0.1) is 0 Å². The fourth-order valence-corrected chi connectivity index (χ4v) is 3.57. The number of halogens is 3. The standard InChI is InChI=1S/C23H17Cl2FN4/c24-18-4-1-16(21(25)13-18)9-12-28-23-29-14-20(15-2-5-19(26)6-3-15)22(30-23)17-7-10-27-11-8-17/h1-8,10-11,13-14H,9,12H2,(H,28,29,30). The van der Waals surface area contributed by atoms with Gasteiger partial charge in [-0.05, 0) is 53.9 Å². The summed E-state index contributed by atoms with van der Waals surface area (Å²) in [5.41, 5.74) is 4.28. The number of hydrogen-bond acceptors (Lipinski definition) is 4. The normalized spacial score (nSPS) is 10.8. The molecule has 0 spiro atoms. The minimum absolute atomic E-state index is 0.288. The van der Waals surface area contributed by atoms with Gasteiger partial charge >= 0.3 is 0 Å². The number of anilines is 1. The number of hydrogen-bond donors (Lipinski definition) is 1. The third-order valence-electron chi connectivity index (χ3n) is 4.59. The molecule has 0 unspecified atom stereocenters. The van der Waals surface area contributed by atoms with Crippen LogP contribution < -0.4 is 5.32 Å². The molecule has 2 aromatic carbocycles. The molecule has 30 heavy (non-hydrogen) atoms. The summed E-state index contributed by atoms with van der Waals surface area (Å²) in [5.74, 6) is 0.210. The van der Waals surface area contributed by atoms with Crippen molar-refractivity contribution in [3.63, 3.8) is 0 Å². The van der Waals surface area contributed by atoms with Crippen molar-refractivity contribution in [2.24, 2.45) is 0 Å². The van der Waals surface area contributed by atoms with Crippen LogP contribution in [0.25, 0.3) is 22.4 Å². The van der Waals surface area contributed by atoms with E-state index in [1.807, 2.05) is 24.3 Å². The Balaban J connectivity index is 1.59. The molecule has 4 nitrogen and oxygen atoms in total. The molecule has 0 radical (unpaired) electrons. The van der Waals surface area contributed by atoms with Crippen molar-refractivity contribution in [2.45, 2.75) is 6.42 Å². The first-order valence-corrected chi connectivity index (χ1v) is 10.1. The van der Waals surface area contributed by atoms with Gasteiger partial charge in [0.25, 0.3) is 0 Å². The molecule has 0 bridgehead atoms. The number of rotatable bonds is 6. The maximum absolute atomic E-state index is 13.4. The lowest BCUT2D eigenvalue weighted by atomic mass is 10.0. The summed E-state index contributed by atoms with van der Waals surface area (Å²) in [4.78, 5) is 13.2. The van der Waals surface area contributed by atoms with Crippen molar-refractivity contribution in [1.82, 2.24) is 15.0 Å². The van der Waals surface area contributed by atoms with Crippen molar-refractivity contribution in [1.29, 1.82) is 0 Å². The van der Waals surface area contributed by atoms with Crippen LogP contribution in [-0.2, 0) is 6.42 Å². The summed E-state index contributed by atoms with van der Waals surface area (Å²) in [6.45, 7) is 0.604. The van der Waals surface area contributed by atoms with Crippen LogP contribution in [0.15, 0.2) is 73.2 Å². The topological polar surface area (TPSA) is 50.7 Å². The molecule has 7 heteroatoms. The summed E-state index contributed by atoms with van der Waals surface area (Å²) in [5, 5.41) is 4.49. The molecule has 0 aliphatic rings. The smallest absolute Gasteiger partial charge is 0.223 e. The molecule has 0 atom stereocenters. The van der Waals surface area contributed by atoms with Gasteiger partial charge in [-0.2, -0.15) is 0 Å². The van der Waals surface area contributed by atoms with E-state index < -0.39 is 0 Å². The van der Waals surface area contributed by atoms with Gasteiger partial charge in [0.05, 0.1) is 5.69 Å². The fourth-order valence-electron chi connectivity index (χ4n) is 3.07. The van der Waals surface area contributed by atoms with Crippen molar-refractivity contribution < 1.29 is 4.39 Å². The van der Waals surface area contributed by atoms with E-state index in [-0.39, 0.29) is 5.82 Å². The first-order valence-electron chi connectivity index (χ1n) is 9.31. The lowest BCUT2D eigenvalue weighted by Gasteiger charge is -2.12. The number of nitrogens with one attached hydrogen (secondary N) is 1. The minimum Gasteiger partial charge on any atom is -0.354 e. The first-order chi connectivity index (χ1) is 14.6. The van der Waals surface area contributed by atoms with E-state index >= 15 is 0 Å². The van der Waals surface area contributed by atoms with Crippen LogP contribution in [0.5, 0.6) is 0 Å². The highest BCUT2D eigenvalue weighted by Crippen LogP contribution is 2.30. The highest BCUT2D eigenvalue weighted by Gasteiger charge is 2.12. The molecule has 4 aromatic rings. The van der Waals surface area contributed by atoms with Gasteiger partial charge in [0.2, 0.25) is 5.95 Å². The predicted octanol–water partition coefficient (Wildman–Crippen LogP) is 6.31. The largest absolute Gasteiger partial charge is 0.354 e. The zero-order chi connectivity index (χ0) is 20.9. The number of pyridine rings is 1. The molecule has 1 N–H and O–H groups in total. The molecule has 0 saturated heterocycles. The summed E-state index contributed by atoms with van der Waals surface area (Å²) in [6.07, 6.45) is 5.86. The Morgan fingerprint density at radius 2 is 1.67 bits per heavy atom. The lowest BCUT2D eigenvalue weighted by molar-refractivity contribution is 0.628. The third kappa shape index (κ3) is 4.75. The van der Waals surface area contributed by atoms with E-state index in [1.165, 1.54) is 12.1 Å². The predicted molar refractivity (Wildman–Crippen MR) is 119 cm³/mol. The van der Waals surface area contributed by atoms with Crippen molar-refractivity contribution in [2.75, 3.05) is 11.9 Å². The molecule has 4 rings (SSSR count). The highest BCUT2D eigenvalue weighted by molar-refractivity contribution is 6.35. The quantitative estimate of drug-likeness (QED) is 0.383. The molecule has 2 aromatic heterocycles. The van der Waals surface area contributed by atoms with Gasteiger partial charge in [0, 0.05) is 46.3 Å². The number of nitrogens with zero attached hydrogens (tertiary/aromatic N) is 3. The van der Waals surface area contributed by atoms with Crippen LogP contribution in [0.1, 0.15) is 5.56 Å². The lowest BCUT2D eigenvalue weighted by Crippen LogP contribution is -2.09. The van der Waals surface area contributed by atoms with E-state index in [0.29, 0.717) is 29.0 Å². The van der Waals surface area contributed by atoms with Crippen LogP contribution in [0.2, 0.25) is 10.0 Å². The van der Waals surface area contributed by atoms with E-state index in [1.54, 1.807) is 36.8 Å². The van der Waals surface area contributed by atoms with Crippen molar-refractivity contribution in [3.05, 3.63) is 94.6 Å². The van der Waals surface area contributed by atoms with Crippen LogP contribution >= 0.6 is 23.2 Å². The Hall–Kier alpha value is -3.02. The van der Waals surface area contributed by atoms with Crippen LogP contribution in [0, 0.1) is 5.82 Å². The molecular formula is C23H17Cl2FN4. The molecule has 0 aliphatic carbocycles. The summed E-state index contributed by atoms with van der Waals surface area (Å²) < 4.78 is 13.4. The van der Waals surface area contributed by atoms with Crippen molar-refractivity contribution >= 4 is 29.2 Å². The second-order valence-electron chi connectivity index (χ2n) is 6.61. The van der Waals surface area contributed by atoms with E-state index in [4.69, 9.17) is 28.2 Å². The molecular weight excluding hydrogens is 422 g/mol. The Labute approximate surface area is 183 Å². The van der Waals surface area contributed by atoms with Gasteiger partial charge in [-0.3, -0.25) is 4.98 Å². The van der Waals surface area contributed by atoms with Crippen LogP contribution in [0.4, 0.5) is 10.3 Å². The fraction of sp³-hybridized carbons (Fsp3) is 0.0870. The zero-order valence-electron chi connectivity index (χ0n) is 15.8. The molecule has 2 heterocycles. The Bertz CT molecular complexity index is 1150. The zero-order valence-corrected chi connectivity index (χ0v) is 17.3. The molecule has 0 saturated carbocycles. The van der Waals surface area contributed by atoms with Gasteiger partial charge in [0.1, 0.15) is 5.82 Å². The van der Waals surface area contributed by atoms with Gasteiger partial charge < -0.3 is 5.32 Å². The van der Waals surface area contributed by atoms with E-state index in [9.17, 15) is 4.39 Å². The third-order valence-corrected chi connectivity index (χ3v) is 5.18. The second-order valence-corrected chi connectivity index (χ2v) is 7.45. The number of benzene rings is 2. The van der Waals surface area contributed by atoms with Crippen molar-refractivity contribution in [3.8, 4) is 22.4 Å². The first kappa shape index (κ1) is 20.3. The van der Waals surface area contributed by atoms with Crippen LogP contribution in [0.3, 0.4) is 0 Å². The van der Waals surface area contributed by atoms with E-state index in [2.05, 4.69) is 15.3 Å². The molecule has 0 fully saturated rings. The van der Waals surface area contributed by atoms with Crippen LogP contribution in [-0.4, -0.2) is 21.5 Å². The van der Waals surface area contributed by atoms with Gasteiger partial charge in [-0.25, -0.2) is 14.4 Å². The SMILES string of the molecule is Fc1ccc(-c2cnc(NCCc3ccc(Cl)cc3Cl)nc2-c2ccncc2)cc1. The Morgan fingerprint density at radius 1 is 0.900 bits per heavy atom. The van der Waals surface area contributed by atoms with E-state index in [0.717, 1.165) is 27.9 Å².